The summed E-state index contributed by atoms with van der Waals surface area (Å²) in [6.07, 6.45) is -2.44. The second-order valence-corrected chi connectivity index (χ2v) is 27.1. The van der Waals surface area contributed by atoms with Gasteiger partial charge in [0.05, 0.1) is 49.2 Å². The van der Waals surface area contributed by atoms with E-state index in [0.29, 0.717) is 45.8 Å². The Morgan fingerprint density at radius 1 is 0.500 bits per heavy atom. The lowest BCUT2D eigenvalue weighted by molar-refractivity contribution is -0.214. The molecule has 0 radical (unpaired) electrons. The van der Waals surface area contributed by atoms with Gasteiger partial charge in [-0.2, -0.15) is 8.78 Å². The molecule has 0 aromatic carbocycles. The number of hydrogen-bond donors (Lipinski definition) is 4. The highest BCUT2D eigenvalue weighted by atomic mass is 32.1. The average molecular weight is 1240 g/mol. The maximum absolute atomic E-state index is 12.7. The van der Waals surface area contributed by atoms with Gasteiger partial charge in [-0.05, 0) is 70.1 Å². The molecule has 4 N–H and O–H groups in total. The van der Waals surface area contributed by atoms with Crippen LogP contribution in [0.2, 0.25) is 0 Å². The highest BCUT2D eigenvalue weighted by Gasteiger charge is 2.39. The zero-order valence-electron chi connectivity index (χ0n) is 50.4. The van der Waals surface area contributed by atoms with Crippen molar-refractivity contribution in [2.75, 3.05) is 35.4 Å². The molecule has 25 heteroatoms. The fourth-order valence-electron chi connectivity index (χ4n) is 5.11. The fraction of sp³-hybridized carbons (Fsp3) is 0.564. The third-order valence-corrected chi connectivity index (χ3v) is 15.6. The molecule has 0 aliphatic heterocycles. The van der Waals surface area contributed by atoms with Crippen LogP contribution < -0.4 is 21.3 Å². The van der Waals surface area contributed by atoms with Gasteiger partial charge in [0.15, 0.2) is 20.5 Å². The number of aryl methyl sites for hydroxylation is 2. The minimum Gasteiger partial charge on any atom is -0.444 e. The van der Waals surface area contributed by atoms with Crippen molar-refractivity contribution in [3.05, 3.63) is 93.0 Å². The van der Waals surface area contributed by atoms with Crippen LogP contribution in [-0.4, -0.2) is 78.7 Å². The molecule has 446 valence electrons. The van der Waals surface area contributed by atoms with Gasteiger partial charge in [0.25, 0.3) is 0 Å². The number of nitrogens with one attached hydrogen (secondary N) is 4. The second-order valence-electron chi connectivity index (χ2n) is 20.6. The van der Waals surface area contributed by atoms with E-state index in [1.165, 1.54) is 61.7 Å². The lowest BCUT2D eigenvalue weighted by atomic mass is 10.2. The molecular formula is C55H85F2N11O5S7. The van der Waals surface area contributed by atoms with Gasteiger partial charge in [-0.1, -0.05) is 96.9 Å². The first-order valence-corrected chi connectivity index (χ1v) is 32.1. The highest BCUT2D eigenvalue weighted by molar-refractivity contribution is 7.15. The van der Waals surface area contributed by atoms with Gasteiger partial charge in [0.1, 0.15) is 5.60 Å². The number of methoxy groups -OCH3 is 1. The molecule has 0 spiro atoms. The second kappa shape index (κ2) is 36.6. The molecule has 80 heavy (non-hydrogen) atoms. The number of nitrogens with zero attached hydrogens (tertiary/aromatic N) is 7. The molecule has 7 rings (SSSR count). The molecule has 7 aromatic heterocycles. The van der Waals surface area contributed by atoms with Gasteiger partial charge < -0.3 is 20.1 Å². The molecule has 0 aliphatic carbocycles. The van der Waals surface area contributed by atoms with E-state index in [1.807, 2.05) is 83.2 Å². The summed E-state index contributed by atoms with van der Waals surface area (Å²) in [5.74, 6) is 1.68. The number of hydrogen-bond acceptors (Lipinski definition) is 20. The zero-order chi connectivity index (χ0) is 61.1. The van der Waals surface area contributed by atoms with Crippen molar-refractivity contribution in [3.63, 3.8) is 0 Å². The SMILES string of the molecule is CC(=O)Nc1nc(C(C)C)cs1.CC(C)c1csc(NC(=O)OC(C)(C)C)n1.CC(C)c1nccs1.CNc1nc(C(C)C)cs1.COC(F)(F)C(=O)Nc1nc(C(C)C)cs1.Cc1nc(C(C)C)cs1.Cc1nc(C(C)C)cs1. The Kier molecular flexibility index (Phi) is 33.6. The van der Waals surface area contributed by atoms with E-state index in [2.05, 4.69) is 155 Å². The van der Waals surface area contributed by atoms with E-state index in [4.69, 9.17) is 4.74 Å². The van der Waals surface area contributed by atoms with Crippen molar-refractivity contribution < 1.29 is 32.6 Å². The molecule has 0 saturated carbocycles. The van der Waals surface area contributed by atoms with Crippen LogP contribution in [0.3, 0.4) is 0 Å². The average Bonchev–Trinajstić information content (AvgIpc) is 4.21. The summed E-state index contributed by atoms with van der Waals surface area (Å²) in [4.78, 5) is 62.8. The minimum atomic E-state index is -3.83. The molecule has 0 unspecified atom stereocenters. The van der Waals surface area contributed by atoms with E-state index < -0.39 is 23.7 Å². The smallest absolute Gasteiger partial charge is 0.436 e. The number of amides is 3. The third-order valence-electron chi connectivity index (χ3n) is 9.70. The van der Waals surface area contributed by atoms with Crippen molar-refractivity contribution in [1.82, 2.24) is 34.9 Å². The third kappa shape index (κ3) is 30.3. The summed E-state index contributed by atoms with van der Waals surface area (Å²) in [5, 5.41) is 30.2. The van der Waals surface area contributed by atoms with Crippen LogP contribution in [0.5, 0.6) is 0 Å². The molecule has 7 heterocycles. The first-order valence-electron chi connectivity index (χ1n) is 25.9. The van der Waals surface area contributed by atoms with E-state index >= 15 is 0 Å². The Morgan fingerprint density at radius 3 is 1.07 bits per heavy atom. The topological polar surface area (TPSA) is 208 Å². The first kappa shape index (κ1) is 73.3. The van der Waals surface area contributed by atoms with Crippen molar-refractivity contribution in [2.24, 2.45) is 0 Å². The lowest BCUT2D eigenvalue weighted by Gasteiger charge is -2.18. The monoisotopic (exact) mass is 1240 g/mol. The molecule has 0 aliphatic rings. The zero-order valence-corrected chi connectivity index (χ0v) is 56.2. The van der Waals surface area contributed by atoms with Crippen LogP contribution in [0.1, 0.15) is 215 Å². The minimum absolute atomic E-state index is 0.0698. The van der Waals surface area contributed by atoms with Crippen molar-refractivity contribution in [1.29, 1.82) is 0 Å². The Morgan fingerprint density at radius 2 is 0.838 bits per heavy atom. The van der Waals surface area contributed by atoms with Gasteiger partial charge in [0, 0.05) is 70.9 Å². The van der Waals surface area contributed by atoms with Gasteiger partial charge in [-0.3, -0.25) is 20.2 Å². The van der Waals surface area contributed by atoms with Crippen LogP contribution in [0.4, 0.5) is 34.1 Å². The normalized spacial score (nSPS) is 11.0. The predicted octanol–water partition coefficient (Wildman–Crippen LogP) is 18.0. The number of thiazole rings is 7. The van der Waals surface area contributed by atoms with Crippen LogP contribution in [0.25, 0.3) is 0 Å². The highest BCUT2D eigenvalue weighted by Crippen LogP contribution is 2.26. The number of ether oxygens (including phenoxy) is 2. The number of carbonyl (C=O) groups excluding carboxylic acids is 3. The number of halogens is 2. The number of alkyl halides is 2. The quantitative estimate of drug-likeness (QED) is 0.0848. The number of carbonyl (C=O) groups is 3. The number of anilines is 4. The van der Waals surface area contributed by atoms with Gasteiger partial charge >= 0.3 is 18.1 Å². The summed E-state index contributed by atoms with van der Waals surface area (Å²) in [6.45, 7) is 40.4. The maximum Gasteiger partial charge on any atom is 0.436 e. The summed E-state index contributed by atoms with van der Waals surface area (Å²) < 4.78 is 34.4. The molecular weight excluding hydrogens is 1160 g/mol. The van der Waals surface area contributed by atoms with Crippen LogP contribution >= 0.6 is 79.4 Å². The van der Waals surface area contributed by atoms with Gasteiger partial charge in [-0.15, -0.1) is 79.4 Å². The Hall–Kier alpha value is -4.76. The summed E-state index contributed by atoms with van der Waals surface area (Å²) in [5.41, 5.74) is 5.90. The van der Waals surface area contributed by atoms with Gasteiger partial charge in [-0.25, -0.2) is 39.7 Å². The molecule has 3 amide bonds. The predicted molar refractivity (Wildman–Crippen MR) is 337 cm³/mol. The Bertz CT molecular complexity index is 2760. The molecule has 0 saturated heterocycles. The largest absolute Gasteiger partial charge is 0.444 e. The summed E-state index contributed by atoms with van der Waals surface area (Å²) >= 11 is 10.8. The van der Waals surface area contributed by atoms with E-state index in [9.17, 15) is 23.2 Å². The molecule has 16 nitrogen and oxygen atoms in total. The van der Waals surface area contributed by atoms with Crippen LogP contribution in [-0.2, 0) is 19.1 Å². The molecule has 7 aromatic rings. The lowest BCUT2D eigenvalue weighted by Crippen LogP contribution is -2.36. The molecule has 0 fully saturated rings. The van der Waals surface area contributed by atoms with Crippen molar-refractivity contribution in [3.8, 4) is 0 Å². The van der Waals surface area contributed by atoms with Crippen LogP contribution in [0.15, 0.2) is 43.9 Å². The van der Waals surface area contributed by atoms with E-state index in [0.717, 1.165) is 40.7 Å². The Balaban J connectivity index is 0.000000474. The van der Waals surface area contributed by atoms with E-state index in [-0.39, 0.29) is 17.0 Å². The first-order chi connectivity index (χ1) is 37.2. The number of rotatable bonds is 13. The molecule has 0 atom stereocenters. The fourth-order valence-corrected chi connectivity index (χ4v) is 10.8. The Labute approximate surface area is 501 Å². The maximum atomic E-state index is 12.7. The summed E-state index contributed by atoms with van der Waals surface area (Å²) in [7, 11) is 2.66. The number of aromatic nitrogens is 7. The van der Waals surface area contributed by atoms with Crippen molar-refractivity contribution >= 4 is 118 Å². The standard InChI is InChI=1S/C11H18N2O2S.C9H12F2N2O2S.C8H12N2OS.C7H12N2S.2C7H11NS.C6H9NS/c1-7(2)8-6-16-9(12-8)13-10(14)15-11(3,4)5;1-5(2)6-4-16-8(12-6)13-7(14)9(10,11)15-3;1-5(2)7-4-12-8(10-7)9-6(3)11;1-5(2)6-4-10-7(8-3)9-6;2*1-5(2)7-4-9-6(3)8-7;1-5(2)6-7-3-4-8-6/h6-7H,1-5H3,(H,12,13,14);4-5H,1-3H3,(H,12,13,14);4-5H,1-3H3,(H,9,10,11);4-5H,1-3H3,(H,8,9);2*4-5H,1-3H3;3-5H,1-2H3. The summed E-state index contributed by atoms with van der Waals surface area (Å²) in [6, 6.07) is 0. The van der Waals surface area contributed by atoms with Crippen molar-refractivity contribution in [2.45, 2.75) is 192 Å². The van der Waals surface area contributed by atoms with Gasteiger partial charge in [0.2, 0.25) is 5.91 Å². The molecule has 0 bridgehead atoms. The van der Waals surface area contributed by atoms with E-state index in [1.54, 1.807) is 50.7 Å². The van der Waals surface area contributed by atoms with Crippen LogP contribution in [0, 0.1) is 13.8 Å².